The molecule has 0 atom stereocenters. The highest BCUT2D eigenvalue weighted by Crippen LogP contribution is 2.35. The summed E-state index contributed by atoms with van der Waals surface area (Å²) >= 11 is 0. The molecule has 0 aromatic rings. The van der Waals surface area contributed by atoms with Gasteiger partial charge >= 0.3 is 0 Å². The van der Waals surface area contributed by atoms with Crippen molar-refractivity contribution in [2.24, 2.45) is 0 Å². The second-order valence-electron chi connectivity index (χ2n) is 3.40. The zero-order chi connectivity index (χ0) is 9.90. The molecule has 1 aliphatic rings. The SMILES string of the molecule is C=C(/C=C\C=C/C)C1(O)CC(=N)C1. The van der Waals surface area contributed by atoms with Gasteiger partial charge in [0, 0.05) is 18.6 Å². The number of rotatable bonds is 3. The first-order chi connectivity index (χ1) is 6.08. The summed E-state index contributed by atoms with van der Waals surface area (Å²) in [5.74, 6) is 0. The van der Waals surface area contributed by atoms with Crippen LogP contribution in [0.4, 0.5) is 0 Å². The second-order valence-corrected chi connectivity index (χ2v) is 3.40. The summed E-state index contributed by atoms with van der Waals surface area (Å²) in [4.78, 5) is 0. The third kappa shape index (κ3) is 2.16. The molecule has 0 bridgehead atoms. The minimum atomic E-state index is -0.838. The van der Waals surface area contributed by atoms with Crippen LogP contribution in [-0.4, -0.2) is 16.4 Å². The van der Waals surface area contributed by atoms with Gasteiger partial charge in [-0.05, 0) is 12.5 Å². The van der Waals surface area contributed by atoms with E-state index in [0.717, 1.165) is 0 Å². The summed E-state index contributed by atoms with van der Waals surface area (Å²) in [5, 5.41) is 17.1. The van der Waals surface area contributed by atoms with Crippen molar-refractivity contribution in [2.45, 2.75) is 25.4 Å². The van der Waals surface area contributed by atoms with Crippen molar-refractivity contribution in [3.05, 3.63) is 36.5 Å². The monoisotopic (exact) mass is 177 g/mol. The molecule has 2 N–H and O–H groups in total. The predicted molar refractivity (Wildman–Crippen MR) is 55.0 cm³/mol. The average molecular weight is 177 g/mol. The molecule has 0 spiro atoms. The molecule has 13 heavy (non-hydrogen) atoms. The van der Waals surface area contributed by atoms with Crippen LogP contribution in [0, 0.1) is 5.41 Å². The van der Waals surface area contributed by atoms with E-state index < -0.39 is 5.60 Å². The highest BCUT2D eigenvalue weighted by Gasteiger charge is 2.40. The van der Waals surface area contributed by atoms with Crippen LogP contribution in [-0.2, 0) is 0 Å². The van der Waals surface area contributed by atoms with E-state index in [0.29, 0.717) is 24.1 Å². The smallest absolute Gasteiger partial charge is 0.0994 e. The van der Waals surface area contributed by atoms with E-state index in [9.17, 15) is 5.11 Å². The Hall–Kier alpha value is -1.15. The Kier molecular flexibility index (Phi) is 2.83. The van der Waals surface area contributed by atoms with Crippen LogP contribution in [0.25, 0.3) is 0 Å². The third-order valence-electron chi connectivity index (χ3n) is 2.21. The van der Waals surface area contributed by atoms with Gasteiger partial charge in [0.25, 0.3) is 0 Å². The Labute approximate surface area is 78.8 Å². The Bertz CT molecular complexity index is 278. The largest absolute Gasteiger partial charge is 0.384 e. The van der Waals surface area contributed by atoms with Gasteiger partial charge in [-0.1, -0.05) is 30.9 Å². The van der Waals surface area contributed by atoms with Crippen molar-refractivity contribution < 1.29 is 5.11 Å². The molecular weight excluding hydrogens is 162 g/mol. The molecule has 0 heterocycles. The summed E-state index contributed by atoms with van der Waals surface area (Å²) in [6.45, 7) is 5.72. The van der Waals surface area contributed by atoms with Crippen LogP contribution >= 0.6 is 0 Å². The van der Waals surface area contributed by atoms with E-state index in [4.69, 9.17) is 5.41 Å². The number of allylic oxidation sites excluding steroid dienone is 3. The molecule has 2 heteroatoms. The Morgan fingerprint density at radius 2 is 2.15 bits per heavy atom. The fraction of sp³-hybridized carbons (Fsp3) is 0.364. The van der Waals surface area contributed by atoms with E-state index in [1.54, 1.807) is 6.08 Å². The summed E-state index contributed by atoms with van der Waals surface area (Å²) in [7, 11) is 0. The molecule has 0 radical (unpaired) electrons. The third-order valence-corrected chi connectivity index (χ3v) is 2.21. The van der Waals surface area contributed by atoms with Crippen LogP contribution in [0.5, 0.6) is 0 Å². The fourth-order valence-corrected chi connectivity index (χ4v) is 1.32. The Balaban J connectivity index is 2.53. The number of nitrogens with one attached hydrogen (secondary N) is 1. The fourth-order valence-electron chi connectivity index (χ4n) is 1.32. The highest BCUT2D eigenvalue weighted by atomic mass is 16.3. The minimum absolute atomic E-state index is 0.437. The van der Waals surface area contributed by atoms with E-state index in [1.165, 1.54) is 0 Å². The van der Waals surface area contributed by atoms with Crippen LogP contribution in [0.15, 0.2) is 36.5 Å². The molecule has 0 aromatic carbocycles. The lowest BCUT2D eigenvalue weighted by Crippen LogP contribution is -2.44. The quantitative estimate of drug-likeness (QED) is 0.638. The van der Waals surface area contributed by atoms with Crippen molar-refractivity contribution in [1.82, 2.24) is 0 Å². The van der Waals surface area contributed by atoms with Gasteiger partial charge in [-0.15, -0.1) is 0 Å². The van der Waals surface area contributed by atoms with E-state index >= 15 is 0 Å². The Morgan fingerprint density at radius 3 is 2.62 bits per heavy atom. The van der Waals surface area contributed by atoms with Crippen molar-refractivity contribution in [3.8, 4) is 0 Å². The number of aliphatic hydroxyl groups is 1. The van der Waals surface area contributed by atoms with Crippen LogP contribution < -0.4 is 0 Å². The van der Waals surface area contributed by atoms with Gasteiger partial charge in [-0.2, -0.15) is 0 Å². The summed E-state index contributed by atoms with van der Waals surface area (Å²) in [5.41, 5.74) is 0.458. The zero-order valence-corrected chi connectivity index (χ0v) is 7.88. The molecule has 2 nitrogen and oxygen atoms in total. The molecule has 1 aliphatic carbocycles. The first kappa shape index (κ1) is 9.93. The molecule has 0 amide bonds. The van der Waals surface area contributed by atoms with Gasteiger partial charge in [0.05, 0.1) is 5.60 Å². The van der Waals surface area contributed by atoms with Gasteiger partial charge in [-0.3, -0.25) is 0 Å². The van der Waals surface area contributed by atoms with Gasteiger partial charge in [0.15, 0.2) is 0 Å². The first-order valence-corrected chi connectivity index (χ1v) is 4.36. The lowest BCUT2D eigenvalue weighted by atomic mass is 9.73. The first-order valence-electron chi connectivity index (χ1n) is 4.36. The zero-order valence-electron chi connectivity index (χ0n) is 7.88. The van der Waals surface area contributed by atoms with E-state index in [-0.39, 0.29) is 0 Å². The molecule has 0 unspecified atom stereocenters. The molecule has 0 aromatic heterocycles. The van der Waals surface area contributed by atoms with Gasteiger partial charge in [0.2, 0.25) is 0 Å². The van der Waals surface area contributed by atoms with Crippen molar-refractivity contribution in [1.29, 1.82) is 5.41 Å². The molecule has 1 fully saturated rings. The lowest BCUT2D eigenvalue weighted by Gasteiger charge is -2.37. The van der Waals surface area contributed by atoms with Crippen molar-refractivity contribution in [3.63, 3.8) is 0 Å². The standard InChI is InChI=1S/C11H15NO/c1-3-4-5-6-9(2)11(13)7-10(12)8-11/h3-6,12-13H,2,7-8H2,1H3/b4-3-,6-5-,12-10?. The molecule has 0 saturated heterocycles. The van der Waals surface area contributed by atoms with Crippen molar-refractivity contribution >= 4 is 5.71 Å². The maximum atomic E-state index is 9.83. The Morgan fingerprint density at radius 1 is 1.54 bits per heavy atom. The lowest BCUT2D eigenvalue weighted by molar-refractivity contribution is 0.0717. The number of hydrogen-bond donors (Lipinski definition) is 2. The van der Waals surface area contributed by atoms with Crippen LogP contribution in [0.1, 0.15) is 19.8 Å². The molecule has 1 saturated carbocycles. The maximum Gasteiger partial charge on any atom is 0.0994 e. The molecule has 70 valence electrons. The van der Waals surface area contributed by atoms with Gasteiger partial charge in [-0.25, -0.2) is 0 Å². The highest BCUT2D eigenvalue weighted by molar-refractivity contribution is 5.91. The topological polar surface area (TPSA) is 44.1 Å². The summed E-state index contributed by atoms with van der Waals surface area (Å²) in [6.07, 6.45) is 8.32. The van der Waals surface area contributed by atoms with E-state index in [1.807, 2.05) is 25.2 Å². The van der Waals surface area contributed by atoms with Gasteiger partial charge in [0.1, 0.15) is 0 Å². The normalized spacial score (nSPS) is 28.3. The van der Waals surface area contributed by atoms with Gasteiger partial charge < -0.3 is 10.5 Å². The van der Waals surface area contributed by atoms with Crippen LogP contribution in [0.3, 0.4) is 0 Å². The summed E-state index contributed by atoms with van der Waals surface area (Å²) < 4.78 is 0. The van der Waals surface area contributed by atoms with Crippen LogP contribution in [0.2, 0.25) is 0 Å². The number of hydrogen-bond acceptors (Lipinski definition) is 2. The maximum absolute atomic E-state index is 9.83. The molecule has 0 aliphatic heterocycles. The molecular formula is C11H15NO. The average Bonchev–Trinajstić information content (AvgIpc) is 2.02. The minimum Gasteiger partial charge on any atom is -0.384 e. The summed E-state index contributed by atoms with van der Waals surface area (Å²) in [6, 6.07) is 0. The van der Waals surface area contributed by atoms with Crippen molar-refractivity contribution in [2.75, 3.05) is 0 Å². The predicted octanol–water partition coefficient (Wildman–Crippen LogP) is 2.22. The second kappa shape index (κ2) is 3.71. The molecule has 1 rings (SSSR count). The van der Waals surface area contributed by atoms with E-state index in [2.05, 4.69) is 6.58 Å².